The smallest absolute Gasteiger partial charge is 0.250 e. The fraction of sp³-hybridized carbons (Fsp3) is 0.188. The molecule has 0 saturated carbocycles. The molecule has 2 aromatic rings. The maximum Gasteiger partial charge on any atom is 0.250 e. The molecule has 0 saturated heterocycles. The van der Waals surface area contributed by atoms with Crippen LogP contribution in [-0.4, -0.2) is 14.1 Å². The van der Waals surface area contributed by atoms with E-state index < -0.39 is 8.24 Å². The summed E-state index contributed by atoms with van der Waals surface area (Å²) in [6.45, 7) is 6.54. The van der Waals surface area contributed by atoms with Crippen LogP contribution >= 0.6 is 0 Å². The van der Waals surface area contributed by atoms with Crippen molar-refractivity contribution >= 4 is 19.8 Å². The van der Waals surface area contributed by atoms with Crippen LogP contribution < -0.4 is 4.57 Å². The lowest BCUT2D eigenvalue weighted by Crippen LogP contribution is -2.50. The van der Waals surface area contributed by atoms with Gasteiger partial charge in [-0.1, -0.05) is 56.0 Å². The molecule has 0 aliphatic carbocycles. The summed E-state index contributed by atoms with van der Waals surface area (Å²) < 4.78 is 1.97. The maximum atomic E-state index is 12.8. The van der Waals surface area contributed by atoms with E-state index in [0.29, 0.717) is 0 Å². The zero-order valence-corrected chi connectivity index (χ0v) is 12.6. The minimum atomic E-state index is -1.79. The molecule has 0 aliphatic heterocycles. The molecule has 0 radical (unpaired) electrons. The molecule has 1 amide bonds. The van der Waals surface area contributed by atoms with Crippen molar-refractivity contribution in [3.63, 3.8) is 0 Å². The Hall–Kier alpha value is -1.87. The molecular weight excluding hydrogens is 250 g/mol. The second-order valence-electron chi connectivity index (χ2n) is 5.51. The summed E-state index contributed by atoms with van der Waals surface area (Å²) in [6.07, 6.45) is 0. The summed E-state index contributed by atoms with van der Waals surface area (Å²) in [5.74, 6) is 0.0889. The van der Waals surface area contributed by atoms with Crippen molar-refractivity contribution in [1.82, 2.24) is 0 Å². The summed E-state index contributed by atoms with van der Waals surface area (Å²) in [7, 11) is -1.79. The minimum Gasteiger partial charge on any atom is -0.337 e. The number of hydrogen-bond donors (Lipinski definition) is 0. The Bertz CT molecular complexity index is 546. The highest BCUT2D eigenvalue weighted by Crippen LogP contribution is 2.23. The number of amides is 1. The lowest BCUT2D eigenvalue weighted by molar-refractivity contribution is 0.100. The summed E-state index contributed by atoms with van der Waals surface area (Å²) >= 11 is 0. The molecule has 0 atom stereocenters. The molecule has 3 heteroatoms. The number of nitrogens with zero attached hydrogens (tertiary/aromatic N) is 1. The molecule has 0 heterocycles. The molecule has 19 heavy (non-hydrogen) atoms. The molecule has 0 aromatic heterocycles. The molecular formula is C16H19NOSi. The van der Waals surface area contributed by atoms with Crippen LogP contribution in [0.4, 0.5) is 5.69 Å². The zero-order chi connectivity index (χ0) is 13.9. The Balaban J connectivity index is 2.43. The van der Waals surface area contributed by atoms with Gasteiger partial charge in [0.15, 0.2) is 8.24 Å². The van der Waals surface area contributed by atoms with E-state index in [9.17, 15) is 4.79 Å². The van der Waals surface area contributed by atoms with Crippen LogP contribution in [0.2, 0.25) is 19.6 Å². The molecule has 2 rings (SSSR count). The third-order valence-electron chi connectivity index (χ3n) is 2.91. The van der Waals surface area contributed by atoms with Crippen molar-refractivity contribution in [2.75, 3.05) is 4.57 Å². The third-order valence-corrected chi connectivity index (χ3v) is 4.71. The van der Waals surface area contributed by atoms with Crippen LogP contribution in [0.15, 0.2) is 60.7 Å². The van der Waals surface area contributed by atoms with Crippen LogP contribution in [-0.2, 0) is 0 Å². The van der Waals surface area contributed by atoms with Gasteiger partial charge in [-0.15, -0.1) is 0 Å². The average Bonchev–Trinajstić information content (AvgIpc) is 2.39. The second-order valence-corrected chi connectivity index (χ2v) is 10.3. The van der Waals surface area contributed by atoms with E-state index in [0.717, 1.165) is 11.3 Å². The lowest BCUT2D eigenvalue weighted by atomic mass is 10.2. The molecule has 0 N–H and O–H groups in total. The number of benzene rings is 2. The molecule has 2 nitrogen and oxygen atoms in total. The molecule has 2 aromatic carbocycles. The topological polar surface area (TPSA) is 20.3 Å². The van der Waals surface area contributed by atoms with Crippen molar-refractivity contribution in [3.05, 3.63) is 66.2 Å². The average molecular weight is 269 g/mol. The standard InChI is InChI=1S/C16H19NOSi/c1-19(2,3)17(15-12-8-5-9-13-15)16(18)14-10-6-4-7-11-14/h4-13H,1-3H3. The van der Waals surface area contributed by atoms with Gasteiger partial charge in [-0.2, -0.15) is 0 Å². The van der Waals surface area contributed by atoms with Crippen molar-refractivity contribution in [2.24, 2.45) is 0 Å². The van der Waals surface area contributed by atoms with Crippen LogP contribution in [0.5, 0.6) is 0 Å². The molecule has 0 bridgehead atoms. The Labute approximate surface area is 115 Å². The molecule has 98 valence electrons. The number of hydrogen-bond acceptors (Lipinski definition) is 1. The normalized spacial score (nSPS) is 11.1. The van der Waals surface area contributed by atoms with Crippen LogP contribution in [0.25, 0.3) is 0 Å². The SMILES string of the molecule is C[Si](C)(C)N(C(=O)c1ccccc1)c1ccccc1. The molecule has 0 fully saturated rings. The van der Waals surface area contributed by atoms with E-state index in [1.165, 1.54) is 0 Å². The maximum absolute atomic E-state index is 12.8. The van der Waals surface area contributed by atoms with Gasteiger partial charge in [-0.05, 0) is 24.3 Å². The minimum absolute atomic E-state index is 0.0889. The number of carbonyl (C=O) groups excluding carboxylic acids is 1. The van der Waals surface area contributed by atoms with Gasteiger partial charge in [0.2, 0.25) is 5.91 Å². The van der Waals surface area contributed by atoms with Gasteiger partial charge in [0.1, 0.15) is 0 Å². The van der Waals surface area contributed by atoms with Gasteiger partial charge < -0.3 is 4.57 Å². The largest absolute Gasteiger partial charge is 0.337 e. The van der Waals surface area contributed by atoms with E-state index in [1.54, 1.807) is 0 Å². The Morgan fingerprint density at radius 3 is 1.79 bits per heavy atom. The van der Waals surface area contributed by atoms with E-state index in [2.05, 4.69) is 19.6 Å². The summed E-state index contributed by atoms with van der Waals surface area (Å²) in [5.41, 5.74) is 1.73. The van der Waals surface area contributed by atoms with Crippen LogP contribution in [0.1, 0.15) is 10.4 Å². The van der Waals surface area contributed by atoms with Gasteiger partial charge in [0, 0.05) is 11.3 Å². The van der Waals surface area contributed by atoms with E-state index in [4.69, 9.17) is 0 Å². The molecule has 0 aliphatic rings. The van der Waals surface area contributed by atoms with Crippen LogP contribution in [0.3, 0.4) is 0 Å². The van der Waals surface area contributed by atoms with E-state index in [1.807, 2.05) is 65.2 Å². The number of anilines is 1. The first kappa shape index (κ1) is 13.6. The highest BCUT2D eigenvalue weighted by atomic mass is 28.3. The Morgan fingerprint density at radius 1 is 0.842 bits per heavy atom. The van der Waals surface area contributed by atoms with Crippen molar-refractivity contribution < 1.29 is 4.79 Å². The first-order chi connectivity index (χ1) is 9.00. The number of rotatable bonds is 3. The fourth-order valence-corrected chi connectivity index (χ4v) is 3.76. The van der Waals surface area contributed by atoms with Crippen LogP contribution in [0, 0.1) is 0 Å². The van der Waals surface area contributed by atoms with Crippen molar-refractivity contribution in [2.45, 2.75) is 19.6 Å². The van der Waals surface area contributed by atoms with Gasteiger partial charge in [-0.3, -0.25) is 4.79 Å². The van der Waals surface area contributed by atoms with E-state index >= 15 is 0 Å². The highest BCUT2D eigenvalue weighted by molar-refractivity contribution is 6.83. The molecule has 0 unspecified atom stereocenters. The van der Waals surface area contributed by atoms with Crippen molar-refractivity contribution in [1.29, 1.82) is 0 Å². The first-order valence-electron chi connectivity index (χ1n) is 6.45. The van der Waals surface area contributed by atoms with Gasteiger partial charge in [-0.25, -0.2) is 0 Å². The van der Waals surface area contributed by atoms with Gasteiger partial charge >= 0.3 is 0 Å². The number of carbonyl (C=O) groups is 1. The summed E-state index contributed by atoms with van der Waals surface area (Å²) in [6, 6.07) is 19.4. The van der Waals surface area contributed by atoms with Crippen molar-refractivity contribution in [3.8, 4) is 0 Å². The predicted molar refractivity (Wildman–Crippen MR) is 83.0 cm³/mol. The van der Waals surface area contributed by atoms with Gasteiger partial charge in [0.25, 0.3) is 0 Å². The Morgan fingerprint density at radius 2 is 1.32 bits per heavy atom. The fourth-order valence-electron chi connectivity index (χ4n) is 2.10. The highest BCUT2D eigenvalue weighted by Gasteiger charge is 2.30. The monoisotopic (exact) mass is 269 g/mol. The zero-order valence-electron chi connectivity index (χ0n) is 11.6. The number of para-hydroxylation sites is 1. The van der Waals surface area contributed by atoms with Gasteiger partial charge in [0.05, 0.1) is 0 Å². The third kappa shape index (κ3) is 3.12. The second kappa shape index (κ2) is 5.41. The Kier molecular flexibility index (Phi) is 3.86. The molecule has 0 spiro atoms. The lowest BCUT2D eigenvalue weighted by Gasteiger charge is -2.34. The summed E-state index contributed by atoms with van der Waals surface area (Å²) in [4.78, 5) is 12.8. The quantitative estimate of drug-likeness (QED) is 0.766. The predicted octanol–water partition coefficient (Wildman–Crippen LogP) is 4.17. The summed E-state index contributed by atoms with van der Waals surface area (Å²) in [5, 5.41) is 0. The van der Waals surface area contributed by atoms with E-state index in [-0.39, 0.29) is 5.91 Å². The first-order valence-corrected chi connectivity index (χ1v) is 9.89.